The second kappa shape index (κ2) is 6.14. The van der Waals surface area contributed by atoms with Crippen molar-refractivity contribution in [2.24, 2.45) is 5.73 Å². The molecule has 1 aromatic heterocycles. The molecule has 19 heavy (non-hydrogen) atoms. The van der Waals surface area contributed by atoms with Gasteiger partial charge in [-0.25, -0.2) is 0 Å². The number of carbonyl (C=O) groups is 2. The molecule has 104 valence electrons. The Morgan fingerprint density at radius 2 is 2.42 bits per heavy atom. The molecule has 0 bridgehead atoms. The molecule has 6 nitrogen and oxygen atoms in total. The molecule has 0 radical (unpaired) electrons. The Morgan fingerprint density at radius 3 is 3.11 bits per heavy atom. The van der Waals surface area contributed by atoms with Gasteiger partial charge in [0.1, 0.15) is 5.00 Å². The number of ether oxygens (including phenoxy) is 1. The third kappa shape index (κ3) is 3.52. The molecule has 2 rings (SSSR count). The number of nitrogens with two attached hydrogens (primary N) is 1. The summed E-state index contributed by atoms with van der Waals surface area (Å²) in [5, 5.41) is 4.98. The van der Waals surface area contributed by atoms with Crippen molar-refractivity contribution < 1.29 is 14.3 Å². The number of carbonyl (C=O) groups excluding carboxylic acids is 2. The number of hydrogen-bond donors (Lipinski definition) is 2. The molecule has 2 amide bonds. The minimum absolute atomic E-state index is 0.140. The summed E-state index contributed by atoms with van der Waals surface area (Å²) in [5.74, 6) is -0.671. The lowest BCUT2D eigenvalue weighted by Gasteiger charge is -2.32. The van der Waals surface area contributed by atoms with Gasteiger partial charge in [-0.1, -0.05) is 0 Å². The van der Waals surface area contributed by atoms with E-state index in [1.54, 1.807) is 11.4 Å². The monoisotopic (exact) mass is 283 g/mol. The highest BCUT2D eigenvalue weighted by Crippen LogP contribution is 2.22. The number of primary amides is 1. The zero-order chi connectivity index (χ0) is 13.8. The van der Waals surface area contributed by atoms with Crippen molar-refractivity contribution >= 4 is 28.2 Å². The van der Waals surface area contributed by atoms with Gasteiger partial charge in [-0.3, -0.25) is 14.5 Å². The smallest absolute Gasteiger partial charge is 0.251 e. The number of morpholine rings is 1. The molecule has 0 aromatic carbocycles. The van der Waals surface area contributed by atoms with Crippen LogP contribution in [-0.4, -0.2) is 49.1 Å². The van der Waals surface area contributed by atoms with Crippen molar-refractivity contribution in [1.29, 1.82) is 0 Å². The Kier molecular flexibility index (Phi) is 4.52. The zero-order valence-corrected chi connectivity index (χ0v) is 11.5. The number of nitrogens with zero attached hydrogens (tertiary/aromatic N) is 1. The maximum atomic E-state index is 12.0. The molecule has 1 aromatic rings. The first kappa shape index (κ1) is 14.0. The summed E-state index contributed by atoms with van der Waals surface area (Å²) in [4.78, 5) is 25.2. The van der Waals surface area contributed by atoms with E-state index in [0.29, 0.717) is 30.3 Å². The summed E-state index contributed by atoms with van der Waals surface area (Å²) in [7, 11) is 0. The Morgan fingerprint density at radius 1 is 1.63 bits per heavy atom. The van der Waals surface area contributed by atoms with Crippen LogP contribution in [0.2, 0.25) is 0 Å². The fraction of sp³-hybridized carbons (Fsp3) is 0.500. The molecular weight excluding hydrogens is 266 g/mol. The molecule has 0 spiro atoms. The van der Waals surface area contributed by atoms with Crippen molar-refractivity contribution in [1.82, 2.24) is 4.90 Å². The average molecular weight is 283 g/mol. The molecule has 1 aliphatic heterocycles. The van der Waals surface area contributed by atoms with E-state index in [4.69, 9.17) is 10.5 Å². The number of rotatable bonds is 4. The van der Waals surface area contributed by atoms with Gasteiger partial charge in [0.05, 0.1) is 25.3 Å². The Hall–Kier alpha value is -1.44. The van der Waals surface area contributed by atoms with E-state index < -0.39 is 5.91 Å². The van der Waals surface area contributed by atoms with Crippen molar-refractivity contribution in [3.8, 4) is 0 Å². The van der Waals surface area contributed by atoms with Gasteiger partial charge >= 0.3 is 0 Å². The topological polar surface area (TPSA) is 84.7 Å². The predicted molar refractivity (Wildman–Crippen MR) is 73.3 cm³/mol. The molecule has 1 fully saturated rings. The molecule has 1 atom stereocenters. The van der Waals surface area contributed by atoms with Crippen LogP contribution in [0.25, 0.3) is 0 Å². The van der Waals surface area contributed by atoms with Crippen LogP contribution in [0.4, 0.5) is 5.00 Å². The summed E-state index contributed by atoms with van der Waals surface area (Å²) in [6, 6.07) is 1.83. The summed E-state index contributed by atoms with van der Waals surface area (Å²) >= 11 is 1.29. The van der Waals surface area contributed by atoms with Gasteiger partial charge in [0.15, 0.2) is 0 Å². The van der Waals surface area contributed by atoms with E-state index in [9.17, 15) is 9.59 Å². The minimum Gasteiger partial charge on any atom is -0.379 e. The largest absolute Gasteiger partial charge is 0.379 e. The molecule has 1 unspecified atom stereocenters. The Balaban J connectivity index is 1.93. The number of thiophene rings is 1. The van der Waals surface area contributed by atoms with Gasteiger partial charge in [-0.2, -0.15) is 0 Å². The van der Waals surface area contributed by atoms with E-state index in [-0.39, 0.29) is 11.9 Å². The van der Waals surface area contributed by atoms with Gasteiger partial charge in [0, 0.05) is 12.6 Å². The van der Waals surface area contributed by atoms with Crippen LogP contribution in [0.15, 0.2) is 11.4 Å². The van der Waals surface area contributed by atoms with E-state index in [2.05, 4.69) is 10.2 Å². The first-order chi connectivity index (χ1) is 9.08. The summed E-state index contributed by atoms with van der Waals surface area (Å²) < 4.78 is 5.32. The number of hydrogen-bond acceptors (Lipinski definition) is 5. The number of nitrogens with one attached hydrogen (secondary N) is 1. The van der Waals surface area contributed by atoms with Crippen LogP contribution in [0.3, 0.4) is 0 Å². The molecular formula is C12H17N3O3S. The van der Waals surface area contributed by atoms with Crippen LogP contribution in [0, 0.1) is 0 Å². The van der Waals surface area contributed by atoms with Crippen LogP contribution in [0.5, 0.6) is 0 Å². The summed E-state index contributed by atoms with van der Waals surface area (Å²) in [6.45, 7) is 4.33. The fourth-order valence-electron chi connectivity index (χ4n) is 1.95. The average Bonchev–Trinajstić information content (AvgIpc) is 2.80. The van der Waals surface area contributed by atoms with E-state index in [1.807, 2.05) is 6.92 Å². The van der Waals surface area contributed by atoms with E-state index in [1.165, 1.54) is 11.3 Å². The lowest BCUT2D eigenvalue weighted by Crippen LogP contribution is -2.47. The van der Waals surface area contributed by atoms with Crippen LogP contribution >= 0.6 is 11.3 Å². The number of anilines is 1. The normalized spacial score (nSPS) is 20.2. The first-order valence-corrected chi connectivity index (χ1v) is 6.95. The lowest BCUT2D eigenvalue weighted by atomic mass is 10.2. The second-order valence-corrected chi connectivity index (χ2v) is 5.39. The second-order valence-electron chi connectivity index (χ2n) is 4.47. The fourth-order valence-corrected chi connectivity index (χ4v) is 2.76. The first-order valence-electron chi connectivity index (χ1n) is 6.07. The molecule has 1 aliphatic rings. The zero-order valence-electron chi connectivity index (χ0n) is 10.7. The molecule has 0 aliphatic carbocycles. The quantitative estimate of drug-likeness (QED) is 0.843. The van der Waals surface area contributed by atoms with Crippen LogP contribution < -0.4 is 11.1 Å². The van der Waals surface area contributed by atoms with Gasteiger partial charge in [0.2, 0.25) is 5.91 Å². The molecule has 3 N–H and O–H groups in total. The van der Waals surface area contributed by atoms with Crippen molar-refractivity contribution in [2.45, 2.75) is 13.0 Å². The van der Waals surface area contributed by atoms with Gasteiger partial charge < -0.3 is 15.8 Å². The summed E-state index contributed by atoms with van der Waals surface area (Å²) in [5.41, 5.74) is 5.59. The van der Waals surface area contributed by atoms with Crippen LogP contribution in [-0.2, 0) is 9.53 Å². The van der Waals surface area contributed by atoms with Gasteiger partial charge in [-0.15, -0.1) is 11.3 Å². The Bertz CT molecular complexity index is 475. The minimum atomic E-state index is -0.531. The molecule has 7 heteroatoms. The molecule has 1 saturated heterocycles. The van der Waals surface area contributed by atoms with Crippen molar-refractivity contribution in [2.75, 3.05) is 31.6 Å². The highest BCUT2D eigenvalue weighted by atomic mass is 32.1. The number of amides is 2. The third-order valence-corrected chi connectivity index (χ3v) is 3.87. The van der Waals surface area contributed by atoms with E-state index >= 15 is 0 Å². The van der Waals surface area contributed by atoms with Crippen molar-refractivity contribution in [3.05, 3.63) is 17.0 Å². The molecule has 0 saturated carbocycles. The maximum absolute atomic E-state index is 12.0. The maximum Gasteiger partial charge on any atom is 0.251 e. The third-order valence-electron chi connectivity index (χ3n) is 3.04. The lowest BCUT2D eigenvalue weighted by molar-refractivity contribution is -0.119. The SMILES string of the molecule is CC1COCCN1CC(=O)Nc1sccc1C(N)=O. The van der Waals surface area contributed by atoms with Crippen molar-refractivity contribution in [3.63, 3.8) is 0 Å². The summed E-state index contributed by atoms with van der Waals surface area (Å²) in [6.07, 6.45) is 0. The Labute approximate surface area is 115 Å². The van der Waals surface area contributed by atoms with E-state index in [0.717, 1.165) is 6.54 Å². The highest BCUT2D eigenvalue weighted by molar-refractivity contribution is 7.14. The highest BCUT2D eigenvalue weighted by Gasteiger charge is 2.22. The van der Waals surface area contributed by atoms with Crippen LogP contribution in [0.1, 0.15) is 17.3 Å². The predicted octanol–water partition coefficient (Wildman–Crippen LogP) is 0.506. The molecule has 2 heterocycles. The van der Waals surface area contributed by atoms with Gasteiger partial charge in [-0.05, 0) is 18.4 Å². The van der Waals surface area contributed by atoms with Gasteiger partial charge in [0.25, 0.3) is 5.91 Å². The standard InChI is InChI=1S/C12H17N3O3S/c1-8-7-18-4-3-15(8)6-10(16)14-12-9(11(13)17)2-5-19-12/h2,5,8H,3-4,6-7H2,1H3,(H2,13,17)(H,14,16).